The van der Waals surface area contributed by atoms with Gasteiger partial charge < -0.3 is 40.0 Å². The molecule has 0 aliphatic carbocycles. The summed E-state index contributed by atoms with van der Waals surface area (Å²) in [5.74, 6) is -3.80. The Balaban J connectivity index is 2.31. The van der Waals surface area contributed by atoms with Gasteiger partial charge in [-0.15, -0.1) is 0 Å². The third kappa shape index (κ3) is 13.4. The number of ether oxygens (including phenoxy) is 2. The Morgan fingerprint density at radius 2 is 1.55 bits per heavy atom. The molecular weight excluding hydrogens is 714 g/mol. The molecule has 0 unspecified atom stereocenters. The summed E-state index contributed by atoms with van der Waals surface area (Å²) in [5.41, 5.74) is 0.0638. The molecule has 0 saturated carbocycles. The fourth-order valence-corrected chi connectivity index (χ4v) is 7.70. The van der Waals surface area contributed by atoms with Crippen LogP contribution in [0.25, 0.3) is 0 Å². The molecule has 0 radical (unpaired) electrons. The molecular formula is C43H71N5O8. The normalized spacial score (nSPS) is 18.9. The lowest BCUT2D eigenvalue weighted by Crippen LogP contribution is -2.59. The molecule has 1 saturated heterocycles. The zero-order valence-electron chi connectivity index (χ0n) is 36.2. The molecule has 4 amide bonds. The first kappa shape index (κ1) is 48.3. The van der Waals surface area contributed by atoms with Crippen molar-refractivity contribution in [3.05, 3.63) is 35.9 Å². The van der Waals surface area contributed by atoms with E-state index in [4.69, 9.17) is 9.47 Å². The lowest BCUT2D eigenvalue weighted by atomic mass is 9.85. The number of esters is 1. The van der Waals surface area contributed by atoms with E-state index in [-0.39, 0.29) is 48.3 Å². The predicted octanol–water partition coefficient (Wildman–Crippen LogP) is 4.16. The number of rotatable bonds is 21. The average molecular weight is 786 g/mol. The second kappa shape index (κ2) is 22.2. The first-order valence-corrected chi connectivity index (χ1v) is 20.3. The summed E-state index contributed by atoms with van der Waals surface area (Å²) in [6.45, 7) is 19.0. The second-order valence-corrected chi connectivity index (χ2v) is 17.1. The van der Waals surface area contributed by atoms with E-state index in [0.717, 1.165) is 11.8 Å². The molecule has 13 nitrogen and oxygen atoms in total. The van der Waals surface area contributed by atoms with Gasteiger partial charge in [0, 0.05) is 45.0 Å². The first-order valence-electron chi connectivity index (χ1n) is 20.3. The van der Waals surface area contributed by atoms with Gasteiger partial charge in [0.2, 0.25) is 23.6 Å². The van der Waals surface area contributed by atoms with Gasteiger partial charge in [-0.1, -0.05) is 85.2 Å². The highest BCUT2D eigenvalue weighted by atomic mass is 16.6. The van der Waals surface area contributed by atoms with E-state index >= 15 is 0 Å². The van der Waals surface area contributed by atoms with Crippen molar-refractivity contribution in [2.75, 3.05) is 27.7 Å². The summed E-state index contributed by atoms with van der Waals surface area (Å²) in [7, 11) is 4.93. The Kier molecular flexibility index (Phi) is 19.1. The van der Waals surface area contributed by atoms with Gasteiger partial charge in [0.15, 0.2) is 0 Å². The van der Waals surface area contributed by atoms with Crippen molar-refractivity contribution < 1.29 is 38.2 Å². The van der Waals surface area contributed by atoms with E-state index in [9.17, 15) is 28.8 Å². The van der Waals surface area contributed by atoms with Crippen molar-refractivity contribution in [1.82, 2.24) is 25.8 Å². The number of likely N-dealkylation sites (N-methyl/N-ethyl adjacent to an activating group) is 2. The van der Waals surface area contributed by atoms with Gasteiger partial charge in [0.05, 0.1) is 24.6 Å². The van der Waals surface area contributed by atoms with E-state index in [1.54, 1.807) is 51.6 Å². The molecule has 9 atom stereocenters. The van der Waals surface area contributed by atoms with Crippen LogP contribution in [0, 0.1) is 29.6 Å². The van der Waals surface area contributed by atoms with Crippen LogP contribution in [0.4, 0.5) is 0 Å². The molecule has 316 valence electrons. The molecule has 1 heterocycles. The molecule has 1 fully saturated rings. The number of benzene rings is 1. The monoisotopic (exact) mass is 786 g/mol. The van der Waals surface area contributed by atoms with Crippen LogP contribution in [0.2, 0.25) is 0 Å². The summed E-state index contributed by atoms with van der Waals surface area (Å²) in [6.07, 6.45) is 2.06. The van der Waals surface area contributed by atoms with E-state index < -0.39 is 65.6 Å². The smallest absolute Gasteiger partial charge is 0.329 e. The molecule has 13 heteroatoms. The maximum atomic E-state index is 14.2. The maximum Gasteiger partial charge on any atom is 0.329 e. The minimum Gasteiger partial charge on any atom is -0.458 e. The van der Waals surface area contributed by atoms with Crippen molar-refractivity contribution in [2.45, 2.75) is 143 Å². The second-order valence-electron chi connectivity index (χ2n) is 17.1. The highest BCUT2D eigenvalue weighted by Crippen LogP contribution is 2.31. The number of likely N-dealkylation sites (tertiary alicyclic amines) is 1. The Hall–Kier alpha value is -3.84. The SMILES string of the molecule is CC[C@H](C)[C@@H]([C@@H](CC(=O)N1CCC[C@H]1[C@H](C=O)[C@@H](C)C(=O)N[C@@H](Cc1ccccc1)C(=O)OC(C)(C)C)OC)N(C)C(=O)[C@@H](NC(=O)[C@@H](NC)C(C)C)C(C)C. The largest absolute Gasteiger partial charge is 0.458 e. The van der Waals surface area contributed by atoms with Gasteiger partial charge in [-0.25, -0.2) is 4.79 Å². The number of hydrogen-bond acceptors (Lipinski definition) is 9. The molecule has 1 aromatic carbocycles. The highest BCUT2D eigenvalue weighted by molar-refractivity contribution is 5.90. The predicted molar refractivity (Wildman–Crippen MR) is 217 cm³/mol. The topological polar surface area (TPSA) is 163 Å². The Morgan fingerprint density at radius 3 is 2.05 bits per heavy atom. The summed E-state index contributed by atoms with van der Waals surface area (Å²) in [6, 6.07) is 6.00. The third-order valence-corrected chi connectivity index (χ3v) is 11.1. The number of carbonyl (C=O) groups excluding carboxylic acids is 6. The van der Waals surface area contributed by atoms with Crippen LogP contribution in [0.15, 0.2) is 30.3 Å². The van der Waals surface area contributed by atoms with Gasteiger partial charge in [-0.2, -0.15) is 0 Å². The Labute approximate surface area is 335 Å². The van der Waals surface area contributed by atoms with E-state index in [2.05, 4.69) is 16.0 Å². The molecule has 2 rings (SSSR count). The summed E-state index contributed by atoms with van der Waals surface area (Å²) in [4.78, 5) is 84.7. The van der Waals surface area contributed by atoms with Crippen molar-refractivity contribution in [1.29, 1.82) is 0 Å². The summed E-state index contributed by atoms with van der Waals surface area (Å²) >= 11 is 0. The van der Waals surface area contributed by atoms with Crippen LogP contribution < -0.4 is 16.0 Å². The molecule has 3 N–H and O–H groups in total. The summed E-state index contributed by atoms with van der Waals surface area (Å²) < 4.78 is 11.6. The lowest BCUT2D eigenvalue weighted by molar-refractivity contribution is -0.159. The average Bonchev–Trinajstić information content (AvgIpc) is 3.62. The fraction of sp³-hybridized carbons (Fsp3) is 0.721. The van der Waals surface area contributed by atoms with Crippen LogP contribution in [0.3, 0.4) is 0 Å². The Morgan fingerprint density at radius 1 is 0.946 bits per heavy atom. The van der Waals surface area contributed by atoms with E-state index in [1.165, 1.54) is 7.11 Å². The fourth-order valence-electron chi connectivity index (χ4n) is 7.70. The molecule has 0 aromatic heterocycles. The number of amides is 4. The minimum atomic E-state index is -0.983. The zero-order chi connectivity index (χ0) is 42.5. The number of nitrogens with one attached hydrogen (secondary N) is 3. The number of methoxy groups -OCH3 is 1. The maximum absolute atomic E-state index is 14.2. The molecule has 1 aliphatic rings. The Bertz CT molecular complexity index is 1450. The van der Waals surface area contributed by atoms with Crippen LogP contribution >= 0.6 is 0 Å². The van der Waals surface area contributed by atoms with Gasteiger partial charge in [-0.05, 0) is 64.0 Å². The van der Waals surface area contributed by atoms with Gasteiger partial charge in [0.1, 0.15) is 24.0 Å². The number of hydrogen-bond donors (Lipinski definition) is 3. The molecule has 1 aliphatic heterocycles. The zero-order valence-corrected chi connectivity index (χ0v) is 36.2. The van der Waals surface area contributed by atoms with E-state index in [1.807, 2.05) is 71.9 Å². The molecule has 1 aromatic rings. The first-order chi connectivity index (χ1) is 26.2. The third-order valence-electron chi connectivity index (χ3n) is 11.1. The number of aldehydes is 1. The van der Waals surface area contributed by atoms with Gasteiger partial charge in [0.25, 0.3) is 0 Å². The number of carbonyl (C=O) groups is 6. The van der Waals surface area contributed by atoms with Gasteiger partial charge in [-0.3, -0.25) is 19.2 Å². The van der Waals surface area contributed by atoms with Crippen LogP contribution in [-0.4, -0.2) is 115 Å². The van der Waals surface area contributed by atoms with Crippen LogP contribution in [0.1, 0.15) is 100 Å². The molecule has 0 bridgehead atoms. The number of nitrogens with zero attached hydrogens (tertiary/aromatic N) is 2. The summed E-state index contributed by atoms with van der Waals surface area (Å²) in [5, 5.41) is 8.85. The van der Waals surface area contributed by atoms with Crippen molar-refractivity contribution >= 4 is 35.9 Å². The van der Waals surface area contributed by atoms with Crippen LogP contribution in [-0.2, 0) is 44.7 Å². The molecule has 56 heavy (non-hydrogen) atoms. The van der Waals surface area contributed by atoms with E-state index in [0.29, 0.717) is 25.8 Å². The van der Waals surface area contributed by atoms with Crippen molar-refractivity contribution in [2.24, 2.45) is 29.6 Å². The standard InChI is InChI=1S/C43H71N5O8/c1-14-28(6)38(47(12)41(53)37(27(4)5)46-40(52)36(44-11)26(2)3)34(55-13)24-35(50)48-22-18-21-33(48)31(25-49)29(7)39(51)45-32(42(54)56-43(8,9)10)23-30-19-16-15-17-20-30/h15-17,19-20,25-29,31-34,36-38,44H,14,18,21-24H2,1-13H3,(H,45,51)(H,46,52)/t28-,29+,31+,32-,33-,34+,36-,37-,38-/m0/s1. The minimum absolute atomic E-state index is 0.0109. The quantitative estimate of drug-likeness (QED) is 0.123. The lowest BCUT2D eigenvalue weighted by Gasteiger charge is -2.41. The van der Waals surface area contributed by atoms with Crippen LogP contribution in [0.5, 0.6) is 0 Å². The molecule has 0 spiro atoms. The highest BCUT2D eigenvalue weighted by Gasteiger charge is 2.43. The van der Waals surface area contributed by atoms with Gasteiger partial charge >= 0.3 is 5.97 Å². The van der Waals surface area contributed by atoms with Crippen molar-refractivity contribution in [3.63, 3.8) is 0 Å². The van der Waals surface area contributed by atoms with Crippen molar-refractivity contribution in [3.8, 4) is 0 Å².